The number of anilines is 2. The lowest BCUT2D eigenvalue weighted by Crippen LogP contribution is -2.35. The number of amides is 2. The van der Waals surface area contributed by atoms with Crippen LogP contribution in [0.1, 0.15) is 41.2 Å². The number of pyridine rings is 1. The predicted molar refractivity (Wildman–Crippen MR) is 122 cm³/mol. The molecule has 0 bridgehead atoms. The Hall–Kier alpha value is -3.29. The van der Waals surface area contributed by atoms with E-state index in [0.717, 1.165) is 18.4 Å². The molecule has 2 amide bonds. The summed E-state index contributed by atoms with van der Waals surface area (Å²) in [5, 5.41) is 2.77. The van der Waals surface area contributed by atoms with Crippen LogP contribution >= 0.6 is 11.6 Å². The zero-order valence-corrected chi connectivity index (χ0v) is 17.9. The molecule has 1 aliphatic rings. The number of nitrogens with zero attached hydrogens (tertiary/aromatic N) is 2. The summed E-state index contributed by atoms with van der Waals surface area (Å²) in [6.07, 6.45) is 5.04. The van der Waals surface area contributed by atoms with Gasteiger partial charge in [0.05, 0.1) is 5.02 Å². The maximum absolute atomic E-state index is 13.5. The van der Waals surface area contributed by atoms with Crippen LogP contribution in [0.15, 0.2) is 67.0 Å². The van der Waals surface area contributed by atoms with Crippen molar-refractivity contribution in [1.29, 1.82) is 0 Å². The number of nitrogens with one attached hydrogen (secondary N) is 1. The fraction of sp³-hybridized carbons (Fsp3) is 0.208. The van der Waals surface area contributed by atoms with Crippen LogP contribution in [0, 0.1) is 5.82 Å². The summed E-state index contributed by atoms with van der Waals surface area (Å²) in [6.45, 7) is 0. The third-order valence-corrected chi connectivity index (χ3v) is 5.59. The molecule has 1 unspecified atom stereocenters. The quantitative estimate of drug-likeness (QED) is 0.543. The number of carbonyl (C=O) groups is 2. The molecule has 8 heteroatoms. The van der Waals surface area contributed by atoms with Crippen LogP contribution in [0.2, 0.25) is 5.02 Å². The van der Waals surface area contributed by atoms with E-state index in [9.17, 15) is 14.0 Å². The van der Waals surface area contributed by atoms with Gasteiger partial charge in [0.2, 0.25) is 5.91 Å². The lowest BCUT2D eigenvalue weighted by atomic mass is 10.0. The summed E-state index contributed by atoms with van der Waals surface area (Å²) in [7, 11) is 0. The normalized spacial score (nSPS) is 14.0. The number of benzene rings is 2. The number of hydrogen-bond donors (Lipinski definition) is 2. The van der Waals surface area contributed by atoms with Gasteiger partial charge in [0.25, 0.3) is 5.91 Å². The lowest BCUT2D eigenvalue weighted by molar-refractivity contribution is -0.119. The molecular formula is C24H22ClFN4O2. The van der Waals surface area contributed by atoms with Gasteiger partial charge in [-0.1, -0.05) is 23.7 Å². The highest BCUT2D eigenvalue weighted by atomic mass is 35.5. The van der Waals surface area contributed by atoms with Crippen LogP contribution in [-0.2, 0) is 4.79 Å². The summed E-state index contributed by atoms with van der Waals surface area (Å²) in [5.74, 6) is -0.925. The van der Waals surface area contributed by atoms with E-state index in [2.05, 4.69) is 10.3 Å². The van der Waals surface area contributed by atoms with E-state index in [4.69, 9.17) is 17.3 Å². The molecule has 1 saturated carbocycles. The smallest absolute Gasteiger partial charge is 0.255 e. The minimum absolute atomic E-state index is 0.0223. The van der Waals surface area contributed by atoms with Crippen LogP contribution in [0.5, 0.6) is 0 Å². The Labute approximate surface area is 190 Å². The van der Waals surface area contributed by atoms with Gasteiger partial charge in [0, 0.05) is 47.8 Å². The maximum atomic E-state index is 13.5. The fourth-order valence-electron chi connectivity index (χ4n) is 3.45. The average molecular weight is 453 g/mol. The second kappa shape index (κ2) is 9.46. The first-order chi connectivity index (χ1) is 15.4. The van der Waals surface area contributed by atoms with E-state index >= 15 is 0 Å². The molecule has 32 heavy (non-hydrogen) atoms. The molecule has 0 radical (unpaired) electrons. The molecule has 3 N–H and O–H groups in total. The van der Waals surface area contributed by atoms with Crippen LogP contribution < -0.4 is 16.0 Å². The van der Waals surface area contributed by atoms with Gasteiger partial charge in [0.15, 0.2) is 0 Å². The van der Waals surface area contributed by atoms with Gasteiger partial charge in [-0.05, 0) is 60.9 Å². The Bertz CT molecular complexity index is 1120. The zero-order valence-electron chi connectivity index (χ0n) is 17.2. The molecule has 1 aromatic heterocycles. The van der Waals surface area contributed by atoms with Gasteiger partial charge < -0.3 is 16.0 Å². The molecule has 4 rings (SSSR count). The molecule has 2 aromatic carbocycles. The minimum Gasteiger partial charge on any atom is -0.324 e. The molecule has 1 atom stereocenters. The zero-order chi connectivity index (χ0) is 22.7. The van der Waals surface area contributed by atoms with Crippen molar-refractivity contribution in [2.45, 2.75) is 31.3 Å². The molecule has 164 valence electrons. The first kappa shape index (κ1) is 21.9. The predicted octanol–water partition coefficient (Wildman–Crippen LogP) is 4.71. The number of halogens is 2. The molecule has 1 fully saturated rings. The lowest BCUT2D eigenvalue weighted by Gasteiger charge is -2.24. The van der Waals surface area contributed by atoms with Crippen molar-refractivity contribution in [3.63, 3.8) is 0 Å². The Morgan fingerprint density at radius 3 is 2.44 bits per heavy atom. The molecule has 0 aliphatic heterocycles. The van der Waals surface area contributed by atoms with Crippen molar-refractivity contribution in [3.8, 4) is 0 Å². The van der Waals surface area contributed by atoms with Crippen LogP contribution in [0.3, 0.4) is 0 Å². The molecule has 1 aliphatic carbocycles. The van der Waals surface area contributed by atoms with E-state index in [1.54, 1.807) is 59.8 Å². The highest BCUT2D eigenvalue weighted by Gasteiger charge is 2.34. The Kier molecular flexibility index (Phi) is 6.48. The summed E-state index contributed by atoms with van der Waals surface area (Å²) < 4.78 is 13.5. The largest absolute Gasteiger partial charge is 0.324 e. The van der Waals surface area contributed by atoms with Gasteiger partial charge in [-0.15, -0.1) is 0 Å². The van der Waals surface area contributed by atoms with Crippen molar-refractivity contribution >= 4 is 34.8 Å². The first-order valence-corrected chi connectivity index (χ1v) is 10.6. The van der Waals surface area contributed by atoms with Gasteiger partial charge in [-0.25, -0.2) is 4.39 Å². The topological polar surface area (TPSA) is 88.3 Å². The van der Waals surface area contributed by atoms with Crippen molar-refractivity contribution in [2.75, 3.05) is 10.2 Å². The number of rotatable bonds is 7. The number of hydrogen-bond acceptors (Lipinski definition) is 4. The highest BCUT2D eigenvalue weighted by molar-refractivity contribution is 6.31. The maximum Gasteiger partial charge on any atom is 0.255 e. The van der Waals surface area contributed by atoms with Crippen molar-refractivity contribution in [1.82, 2.24) is 4.98 Å². The third kappa shape index (κ3) is 5.12. The van der Waals surface area contributed by atoms with Crippen LogP contribution in [-0.4, -0.2) is 22.8 Å². The third-order valence-electron chi connectivity index (χ3n) is 5.30. The average Bonchev–Trinajstić information content (AvgIpc) is 3.62. The molecule has 0 spiro atoms. The fourth-order valence-corrected chi connectivity index (χ4v) is 3.63. The molecule has 1 heterocycles. The summed E-state index contributed by atoms with van der Waals surface area (Å²) in [5.41, 5.74) is 8.73. The van der Waals surface area contributed by atoms with Crippen molar-refractivity contribution in [3.05, 3.63) is 89.0 Å². The summed E-state index contributed by atoms with van der Waals surface area (Å²) >= 11 is 5.91. The van der Waals surface area contributed by atoms with E-state index in [-0.39, 0.29) is 29.3 Å². The standard InChI is InChI=1S/C24H22ClFN4O2/c25-20-13-19(7-8-21(20)26)30(18-5-6-18)23(31)14-22(27)15-1-3-16(4-2-15)24(32)29-17-9-11-28-12-10-17/h1-4,7-13,18,22H,5-6,14,27H2,(H,28,29,32). The van der Waals surface area contributed by atoms with Crippen molar-refractivity contribution < 1.29 is 14.0 Å². The molecule has 3 aromatic rings. The molecule has 0 saturated heterocycles. The number of aromatic nitrogens is 1. The van der Waals surface area contributed by atoms with E-state index in [1.165, 1.54) is 12.1 Å². The molecule has 6 nitrogen and oxygen atoms in total. The van der Waals surface area contributed by atoms with Gasteiger partial charge in [-0.3, -0.25) is 14.6 Å². The second-order valence-electron chi connectivity index (χ2n) is 7.72. The molecular weight excluding hydrogens is 431 g/mol. The Morgan fingerprint density at radius 1 is 1.12 bits per heavy atom. The SMILES string of the molecule is NC(CC(=O)N(c1ccc(F)c(Cl)c1)C1CC1)c1ccc(C(=O)Nc2ccncc2)cc1. The first-order valence-electron chi connectivity index (χ1n) is 10.3. The number of nitrogens with two attached hydrogens (primary N) is 1. The minimum atomic E-state index is -0.544. The second-order valence-corrected chi connectivity index (χ2v) is 8.12. The highest BCUT2D eigenvalue weighted by Crippen LogP contribution is 2.34. The van der Waals surface area contributed by atoms with E-state index in [1.807, 2.05) is 0 Å². The Balaban J connectivity index is 1.42. The van der Waals surface area contributed by atoms with Crippen molar-refractivity contribution in [2.24, 2.45) is 5.73 Å². The van der Waals surface area contributed by atoms with Gasteiger partial charge in [-0.2, -0.15) is 0 Å². The van der Waals surface area contributed by atoms with Crippen LogP contribution in [0.4, 0.5) is 15.8 Å². The van der Waals surface area contributed by atoms with Crippen LogP contribution in [0.25, 0.3) is 0 Å². The van der Waals surface area contributed by atoms with E-state index < -0.39 is 11.9 Å². The summed E-state index contributed by atoms with van der Waals surface area (Å²) in [4.78, 5) is 31.0. The summed E-state index contributed by atoms with van der Waals surface area (Å²) in [6, 6.07) is 14.1. The monoisotopic (exact) mass is 452 g/mol. The Morgan fingerprint density at radius 2 is 1.81 bits per heavy atom. The van der Waals surface area contributed by atoms with Gasteiger partial charge >= 0.3 is 0 Å². The van der Waals surface area contributed by atoms with Gasteiger partial charge in [0.1, 0.15) is 5.82 Å². The van der Waals surface area contributed by atoms with E-state index in [0.29, 0.717) is 16.9 Å². The number of carbonyl (C=O) groups excluding carboxylic acids is 2.